The van der Waals surface area contributed by atoms with Crippen molar-refractivity contribution >= 4 is 17.9 Å². The lowest BCUT2D eigenvalue weighted by molar-refractivity contribution is -0.288. The number of fused-ring (bicyclic) bond motifs is 1. The van der Waals surface area contributed by atoms with Crippen LogP contribution in [0, 0.1) is 22.7 Å². The fourth-order valence-corrected chi connectivity index (χ4v) is 7.32. The van der Waals surface area contributed by atoms with Crippen LogP contribution in [-0.2, 0) is 38.1 Å². The van der Waals surface area contributed by atoms with Crippen LogP contribution in [0.2, 0.25) is 0 Å². The van der Waals surface area contributed by atoms with Gasteiger partial charge in [0.15, 0.2) is 0 Å². The summed E-state index contributed by atoms with van der Waals surface area (Å²) in [4.78, 5) is 35.8. The lowest BCUT2D eigenvalue weighted by Crippen LogP contribution is -2.72. The molecule has 4 fully saturated rings. The van der Waals surface area contributed by atoms with Crippen LogP contribution in [0.5, 0.6) is 0 Å². The van der Waals surface area contributed by atoms with Crippen molar-refractivity contribution in [3.63, 3.8) is 0 Å². The Morgan fingerprint density at radius 1 is 1.25 bits per heavy atom. The summed E-state index contributed by atoms with van der Waals surface area (Å²) in [6.07, 6.45) is 3.76. The number of esters is 3. The van der Waals surface area contributed by atoms with Crippen molar-refractivity contribution in [2.75, 3.05) is 19.8 Å². The predicted octanol–water partition coefficient (Wildman–Crippen LogP) is 2.33. The van der Waals surface area contributed by atoms with Crippen LogP contribution >= 0.6 is 0 Å². The third-order valence-corrected chi connectivity index (χ3v) is 8.96. The Morgan fingerprint density at radius 2 is 2.00 bits per heavy atom. The molecule has 0 bridgehead atoms. The van der Waals surface area contributed by atoms with E-state index >= 15 is 0 Å². The van der Waals surface area contributed by atoms with Gasteiger partial charge in [0.05, 0.1) is 24.2 Å². The standard InChI is InChI=1S/C24H32O8/c1-13-7-19(31-15(3)26)24(12-29-14(2)25)21-17(5-6-23(24)11-30-23)32-18(9-22(13,21)4)16-8-20(27)28-10-16/h8,13,17-19,21H,5-7,9-12H2,1-4H3. The maximum absolute atomic E-state index is 12.1. The van der Waals surface area contributed by atoms with Crippen molar-refractivity contribution in [3.05, 3.63) is 11.6 Å². The zero-order chi connectivity index (χ0) is 22.9. The second kappa shape index (κ2) is 7.29. The average molecular weight is 449 g/mol. The third-order valence-electron chi connectivity index (χ3n) is 8.96. The van der Waals surface area contributed by atoms with E-state index in [1.807, 2.05) is 0 Å². The Labute approximate surface area is 187 Å². The van der Waals surface area contributed by atoms with E-state index in [1.54, 1.807) is 6.08 Å². The number of cyclic esters (lactones) is 1. The lowest BCUT2D eigenvalue weighted by Gasteiger charge is -2.67. The predicted molar refractivity (Wildman–Crippen MR) is 110 cm³/mol. The highest BCUT2D eigenvalue weighted by atomic mass is 16.6. The molecule has 2 aliphatic carbocycles. The molecule has 3 aliphatic heterocycles. The Hall–Kier alpha value is -1.93. The molecular weight excluding hydrogens is 416 g/mol. The zero-order valence-corrected chi connectivity index (χ0v) is 19.2. The van der Waals surface area contributed by atoms with E-state index in [1.165, 1.54) is 13.8 Å². The molecule has 8 nitrogen and oxygen atoms in total. The second-order valence-corrected chi connectivity index (χ2v) is 10.6. The van der Waals surface area contributed by atoms with Gasteiger partial charge in [-0.15, -0.1) is 0 Å². The van der Waals surface area contributed by atoms with E-state index in [-0.39, 0.29) is 60.6 Å². The van der Waals surface area contributed by atoms with Gasteiger partial charge in [-0.3, -0.25) is 9.59 Å². The van der Waals surface area contributed by atoms with Crippen LogP contribution in [0.1, 0.15) is 53.4 Å². The Balaban J connectivity index is 1.59. The quantitative estimate of drug-likeness (QED) is 0.367. The summed E-state index contributed by atoms with van der Waals surface area (Å²) in [7, 11) is 0. The molecule has 32 heavy (non-hydrogen) atoms. The highest BCUT2D eigenvalue weighted by molar-refractivity contribution is 5.85. The molecule has 5 rings (SSSR count). The van der Waals surface area contributed by atoms with Gasteiger partial charge in [-0.05, 0) is 37.0 Å². The summed E-state index contributed by atoms with van der Waals surface area (Å²) in [5, 5.41) is 0. The smallest absolute Gasteiger partial charge is 0.331 e. The van der Waals surface area contributed by atoms with Crippen LogP contribution in [0.3, 0.4) is 0 Å². The first kappa shape index (κ1) is 21.9. The van der Waals surface area contributed by atoms with Gasteiger partial charge >= 0.3 is 17.9 Å². The van der Waals surface area contributed by atoms with E-state index in [0.717, 1.165) is 24.8 Å². The number of hydrogen-bond donors (Lipinski definition) is 0. The van der Waals surface area contributed by atoms with Crippen molar-refractivity contribution in [1.82, 2.24) is 0 Å². The number of hydrogen-bond acceptors (Lipinski definition) is 8. The maximum atomic E-state index is 12.1. The van der Waals surface area contributed by atoms with Crippen LogP contribution in [0.4, 0.5) is 0 Å². The zero-order valence-electron chi connectivity index (χ0n) is 19.2. The molecule has 0 radical (unpaired) electrons. The first-order valence-electron chi connectivity index (χ1n) is 11.6. The van der Waals surface area contributed by atoms with Gasteiger partial charge in [0.25, 0.3) is 0 Å². The van der Waals surface area contributed by atoms with Gasteiger partial charge in [-0.2, -0.15) is 0 Å². The SMILES string of the molecule is CC(=O)OCC12C(OC(C)=O)CC(C)C3(C)CC(C4=CC(=O)OC4)OC(CCC14CO4)C32. The molecule has 8 atom stereocenters. The Morgan fingerprint density at radius 3 is 2.59 bits per heavy atom. The van der Waals surface area contributed by atoms with E-state index in [4.69, 9.17) is 23.7 Å². The summed E-state index contributed by atoms with van der Waals surface area (Å²) in [6.45, 7) is 8.28. The largest absolute Gasteiger partial charge is 0.465 e. The van der Waals surface area contributed by atoms with E-state index in [9.17, 15) is 14.4 Å². The van der Waals surface area contributed by atoms with E-state index in [2.05, 4.69) is 13.8 Å². The molecule has 8 unspecified atom stereocenters. The van der Waals surface area contributed by atoms with Crippen molar-refractivity contribution in [1.29, 1.82) is 0 Å². The van der Waals surface area contributed by atoms with Gasteiger partial charge in [-0.1, -0.05) is 13.8 Å². The Kier molecular flexibility index (Phi) is 4.98. The first-order chi connectivity index (χ1) is 15.1. The van der Waals surface area contributed by atoms with Gasteiger partial charge in [0, 0.05) is 31.4 Å². The second-order valence-electron chi connectivity index (χ2n) is 10.6. The molecule has 0 N–H and O–H groups in total. The number of carbonyl (C=O) groups excluding carboxylic acids is 3. The monoisotopic (exact) mass is 448 g/mol. The normalized spacial score (nSPS) is 46.7. The minimum Gasteiger partial charge on any atom is -0.465 e. The first-order valence-corrected chi connectivity index (χ1v) is 11.6. The highest BCUT2D eigenvalue weighted by Gasteiger charge is 2.78. The van der Waals surface area contributed by atoms with Crippen LogP contribution < -0.4 is 0 Å². The van der Waals surface area contributed by atoms with E-state index < -0.39 is 17.1 Å². The molecule has 1 spiro atoms. The minimum atomic E-state index is -0.671. The summed E-state index contributed by atoms with van der Waals surface area (Å²) < 4.78 is 29.6. The van der Waals surface area contributed by atoms with Gasteiger partial charge < -0.3 is 23.7 Å². The van der Waals surface area contributed by atoms with E-state index in [0.29, 0.717) is 13.0 Å². The minimum absolute atomic E-state index is 0.0198. The number of carbonyl (C=O) groups is 3. The molecule has 0 aromatic heterocycles. The molecule has 2 saturated carbocycles. The topological polar surface area (TPSA) is 101 Å². The fraction of sp³-hybridized carbons (Fsp3) is 0.792. The molecule has 2 saturated heterocycles. The van der Waals surface area contributed by atoms with Crippen molar-refractivity contribution in [2.45, 2.75) is 77.3 Å². The average Bonchev–Trinajstić information content (AvgIpc) is 3.37. The molecular formula is C24H32O8. The number of rotatable bonds is 4. The van der Waals surface area contributed by atoms with Gasteiger partial charge in [0.1, 0.15) is 24.9 Å². The molecule has 8 heteroatoms. The molecule has 0 aromatic carbocycles. The van der Waals surface area contributed by atoms with Crippen LogP contribution in [0.15, 0.2) is 11.6 Å². The summed E-state index contributed by atoms with van der Waals surface area (Å²) in [5.41, 5.74) is -0.448. The van der Waals surface area contributed by atoms with Crippen molar-refractivity contribution in [2.24, 2.45) is 22.7 Å². The van der Waals surface area contributed by atoms with Crippen molar-refractivity contribution in [3.8, 4) is 0 Å². The Bertz CT molecular complexity index is 875. The summed E-state index contributed by atoms with van der Waals surface area (Å²) >= 11 is 0. The van der Waals surface area contributed by atoms with Gasteiger partial charge in [-0.25, -0.2) is 4.79 Å². The molecule has 0 aromatic rings. The maximum Gasteiger partial charge on any atom is 0.331 e. The number of ether oxygens (including phenoxy) is 5. The fourth-order valence-electron chi connectivity index (χ4n) is 7.32. The third kappa shape index (κ3) is 3.05. The van der Waals surface area contributed by atoms with Gasteiger partial charge in [0.2, 0.25) is 0 Å². The molecule has 3 heterocycles. The molecule has 0 amide bonds. The summed E-state index contributed by atoms with van der Waals surface area (Å²) in [5.74, 6) is -0.814. The lowest BCUT2D eigenvalue weighted by atomic mass is 9.41. The highest BCUT2D eigenvalue weighted by Crippen LogP contribution is 2.71. The molecule has 5 aliphatic rings. The molecule has 176 valence electrons. The van der Waals surface area contributed by atoms with Crippen molar-refractivity contribution < 1.29 is 38.1 Å². The summed E-state index contributed by atoms with van der Waals surface area (Å²) in [6, 6.07) is 0. The van der Waals surface area contributed by atoms with Crippen LogP contribution in [0.25, 0.3) is 0 Å². The number of epoxide rings is 1. The van der Waals surface area contributed by atoms with Crippen LogP contribution in [-0.4, -0.2) is 61.6 Å².